The van der Waals surface area contributed by atoms with Crippen LogP contribution >= 0.6 is 0 Å². The number of aliphatic imine (C=N–C) groups is 1. The smallest absolute Gasteiger partial charge is 0.240 e. The minimum Gasteiger partial charge on any atom is -0.506 e. The van der Waals surface area contributed by atoms with Crippen molar-refractivity contribution in [2.24, 2.45) is 4.99 Å². The predicted octanol–water partition coefficient (Wildman–Crippen LogP) is 1.54. The van der Waals surface area contributed by atoms with Gasteiger partial charge in [-0.05, 0) is 19.1 Å². The summed E-state index contributed by atoms with van der Waals surface area (Å²) in [6.07, 6.45) is 1.37. The van der Waals surface area contributed by atoms with Crippen LogP contribution in [-0.4, -0.2) is 11.2 Å². The van der Waals surface area contributed by atoms with E-state index in [9.17, 15) is 9.90 Å². The molecule has 1 rings (SSSR count). The van der Waals surface area contributed by atoms with Crippen LogP contribution in [0.5, 0.6) is 5.75 Å². The highest BCUT2D eigenvalue weighted by Crippen LogP contribution is 2.29. The number of aromatic hydroxyl groups is 1. The summed E-state index contributed by atoms with van der Waals surface area (Å²) >= 11 is 0. The minimum absolute atomic E-state index is 0.140. The zero-order valence-corrected chi connectivity index (χ0v) is 6.90. The van der Waals surface area contributed by atoms with Gasteiger partial charge in [-0.3, -0.25) is 0 Å². The van der Waals surface area contributed by atoms with Crippen molar-refractivity contribution >= 4 is 11.8 Å². The van der Waals surface area contributed by atoms with E-state index in [0.717, 1.165) is 0 Å². The van der Waals surface area contributed by atoms with Gasteiger partial charge < -0.3 is 5.11 Å². The Morgan fingerprint density at radius 3 is 2.77 bits per heavy atom. The van der Waals surface area contributed by atoms with Crippen molar-refractivity contribution in [2.75, 3.05) is 0 Å². The monoisotopic (exact) mass is 174 g/mol. The molecule has 0 saturated heterocycles. The molecular weight excluding hydrogens is 168 g/mol. The molecule has 0 aliphatic rings. The third-order valence-electron chi connectivity index (χ3n) is 1.69. The maximum Gasteiger partial charge on any atom is 0.240 e. The summed E-state index contributed by atoms with van der Waals surface area (Å²) in [7, 11) is 0. The second-order valence-corrected chi connectivity index (χ2v) is 2.42. The molecule has 1 N–H and O–H groups in total. The van der Waals surface area contributed by atoms with E-state index in [2.05, 4.69) is 4.99 Å². The van der Waals surface area contributed by atoms with Gasteiger partial charge in [-0.25, -0.2) is 4.79 Å². The van der Waals surface area contributed by atoms with Gasteiger partial charge in [0.05, 0.1) is 11.3 Å². The number of nitrogens with zero attached hydrogens (tertiary/aromatic N) is 2. The highest BCUT2D eigenvalue weighted by atomic mass is 16.3. The lowest BCUT2D eigenvalue weighted by molar-refractivity contribution is 0.469. The molecule has 0 saturated carbocycles. The maximum atomic E-state index is 9.95. The highest BCUT2D eigenvalue weighted by Gasteiger charge is 2.07. The fraction of sp³-hybridized carbons (Fsp3) is 0.111. The normalized spacial score (nSPS) is 8.62. The molecule has 0 fully saturated rings. The Labute approximate surface area is 74.8 Å². The number of hydrogen-bond donors (Lipinski definition) is 1. The van der Waals surface area contributed by atoms with Crippen LogP contribution in [0.1, 0.15) is 11.1 Å². The highest BCUT2D eigenvalue weighted by molar-refractivity contribution is 5.62. The lowest BCUT2D eigenvalue weighted by Gasteiger charge is -2.02. The fourth-order valence-electron chi connectivity index (χ4n) is 0.950. The molecule has 0 aliphatic carbocycles. The van der Waals surface area contributed by atoms with Gasteiger partial charge in [0.25, 0.3) is 0 Å². The van der Waals surface area contributed by atoms with E-state index >= 15 is 0 Å². The van der Waals surface area contributed by atoms with Crippen molar-refractivity contribution in [2.45, 2.75) is 6.92 Å². The second kappa shape index (κ2) is 3.53. The molecule has 0 spiro atoms. The quantitative estimate of drug-likeness (QED) is 0.518. The number of phenols is 1. The topological polar surface area (TPSA) is 73.5 Å². The van der Waals surface area contributed by atoms with Crippen LogP contribution in [0.2, 0.25) is 0 Å². The molecule has 1 aromatic rings. The Morgan fingerprint density at radius 2 is 2.23 bits per heavy atom. The largest absolute Gasteiger partial charge is 0.506 e. The van der Waals surface area contributed by atoms with E-state index in [0.29, 0.717) is 11.3 Å². The summed E-state index contributed by atoms with van der Waals surface area (Å²) in [5.41, 5.74) is 0.899. The maximum absolute atomic E-state index is 9.95. The van der Waals surface area contributed by atoms with Gasteiger partial charge in [-0.15, -0.1) is 0 Å². The molecule has 0 atom stereocenters. The van der Waals surface area contributed by atoms with Crippen molar-refractivity contribution in [1.82, 2.24) is 0 Å². The summed E-state index contributed by atoms with van der Waals surface area (Å²) in [6.45, 7) is 1.58. The summed E-state index contributed by atoms with van der Waals surface area (Å²) in [5.74, 6) is -0.140. The van der Waals surface area contributed by atoms with E-state index in [1.54, 1.807) is 6.92 Å². The lowest BCUT2D eigenvalue weighted by atomic mass is 10.1. The number of benzene rings is 1. The van der Waals surface area contributed by atoms with Crippen LogP contribution in [0.25, 0.3) is 0 Å². The summed E-state index contributed by atoms with van der Waals surface area (Å²) in [5, 5.41) is 17.9. The SMILES string of the molecule is Cc1c(N=C=O)ccc(C#N)c1O. The number of nitriles is 1. The molecule has 0 aliphatic heterocycles. The van der Waals surface area contributed by atoms with Crippen molar-refractivity contribution in [3.8, 4) is 11.8 Å². The third kappa shape index (κ3) is 1.56. The standard InChI is InChI=1S/C9H6N2O2/c1-6-8(11-5-12)3-2-7(4-10)9(6)13/h2-3,13H,1H3. The Balaban J connectivity index is 3.41. The molecule has 64 valence electrons. The van der Waals surface area contributed by atoms with Gasteiger partial charge in [0.15, 0.2) is 0 Å². The van der Waals surface area contributed by atoms with Crippen LogP contribution in [-0.2, 0) is 4.79 Å². The number of hydrogen-bond acceptors (Lipinski definition) is 4. The molecule has 0 radical (unpaired) electrons. The number of phenolic OH excluding ortho intramolecular Hbond substituents is 1. The van der Waals surface area contributed by atoms with Gasteiger partial charge in [-0.1, -0.05) is 0 Å². The van der Waals surface area contributed by atoms with Gasteiger partial charge >= 0.3 is 0 Å². The Kier molecular flexibility index (Phi) is 2.44. The van der Waals surface area contributed by atoms with E-state index < -0.39 is 0 Å². The summed E-state index contributed by atoms with van der Waals surface area (Å²) in [4.78, 5) is 13.3. The minimum atomic E-state index is -0.140. The van der Waals surface area contributed by atoms with Crippen molar-refractivity contribution in [3.05, 3.63) is 23.3 Å². The average molecular weight is 174 g/mol. The van der Waals surface area contributed by atoms with Gasteiger partial charge in [0.1, 0.15) is 11.8 Å². The molecule has 0 aromatic heterocycles. The zero-order chi connectivity index (χ0) is 9.84. The van der Waals surface area contributed by atoms with Crippen LogP contribution in [0.4, 0.5) is 5.69 Å². The number of isocyanates is 1. The second-order valence-electron chi connectivity index (χ2n) is 2.42. The third-order valence-corrected chi connectivity index (χ3v) is 1.69. The predicted molar refractivity (Wildman–Crippen MR) is 45.3 cm³/mol. The molecule has 0 amide bonds. The summed E-state index contributed by atoms with van der Waals surface area (Å²) < 4.78 is 0. The first-order valence-corrected chi connectivity index (χ1v) is 3.51. The van der Waals surface area contributed by atoms with Crippen molar-refractivity contribution < 1.29 is 9.90 Å². The van der Waals surface area contributed by atoms with Gasteiger partial charge in [0.2, 0.25) is 6.08 Å². The molecule has 0 bridgehead atoms. The molecule has 1 aromatic carbocycles. The fourth-order valence-corrected chi connectivity index (χ4v) is 0.950. The molecule has 13 heavy (non-hydrogen) atoms. The Hall–Kier alpha value is -2.11. The van der Waals surface area contributed by atoms with Gasteiger partial charge in [-0.2, -0.15) is 10.3 Å². The first-order chi connectivity index (χ1) is 6.20. The Bertz CT molecular complexity index is 426. The van der Waals surface area contributed by atoms with Crippen molar-refractivity contribution in [1.29, 1.82) is 5.26 Å². The van der Waals surface area contributed by atoms with Crippen LogP contribution in [0.3, 0.4) is 0 Å². The van der Waals surface area contributed by atoms with E-state index in [-0.39, 0.29) is 11.3 Å². The van der Waals surface area contributed by atoms with Crippen LogP contribution in [0.15, 0.2) is 17.1 Å². The number of rotatable bonds is 1. The van der Waals surface area contributed by atoms with Gasteiger partial charge in [0, 0.05) is 5.56 Å². The number of carbonyl (C=O) groups excluding carboxylic acids is 1. The molecule has 0 unspecified atom stereocenters. The molecule has 4 heteroatoms. The molecule has 0 heterocycles. The molecule has 4 nitrogen and oxygen atoms in total. The molecular formula is C9H6N2O2. The van der Waals surface area contributed by atoms with Crippen LogP contribution < -0.4 is 0 Å². The van der Waals surface area contributed by atoms with E-state index in [4.69, 9.17) is 5.26 Å². The summed E-state index contributed by atoms with van der Waals surface area (Å²) in [6, 6.07) is 4.70. The average Bonchev–Trinajstić information content (AvgIpc) is 2.14. The first-order valence-electron chi connectivity index (χ1n) is 3.51. The zero-order valence-electron chi connectivity index (χ0n) is 6.90. The van der Waals surface area contributed by atoms with E-state index in [1.807, 2.05) is 6.07 Å². The van der Waals surface area contributed by atoms with Crippen LogP contribution in [0, 0.1) is 18.3 Å². The van der Waals surface area contributed by atoms with E-state index in [1.165, 1.54) is 18.2 Å². The Morgan fingerprint density at radius 1 is 1.54 bits per heavy atom. The lowest BCUT2D eigenvalue weighted by Crippen LogP contribution is -1.81. The first kappa shape index (κ1) is 8.98. The van der Waals surface area contributed by atoms with Crippen molar-refractivity contribution in [3.63, 3.8) is 0 Å².